The molecular weight excluding hydrogens is 284 g/mol. The Morgan fingerprint density at radius 3 is 2.50 bits per heavy atom. The maximum absolute atomic E-state index is 9.65. The number of ether oxygens (including phenoxy) is 4. The lowest BCUT2D eigenvalue weighted by atomic mass is 9.88. The average molecular weight is 300 g/mol. The average Bonchev–Trinajstić information content (AvgIpc) is 2.92. The summed E-state index contributed by atoms with van der Waals surface area (Å²) < 4.78 is 22.8. The van der Waals surface area contributed by atoms with Gasteiger partial charge in [0.15, 0.2) is 0 Å². The number of hydrogen-bond acceptors (Lipinski definition) is 5. The van der Waals surface area contributed by atoms with E-state index in [1.807, 2.05) is 24.3 Å². The molecule has 0 radical (unpaired) electrons. The number of benzene rings is 2. The van der Waals surface area contributed by atoms with E-state index in [0.29, 0.717) is 5.75 Å². The van der Waals surface area contributed by atoms with Crippen LogP contribution in [-0.2, 0) is 4.74 Å². The van der Waals surface area contributed by atoms with Gasteiger partial charge in [-0.25, -0.2) is 0 Å². The summed E-state index contributed by atoms with van der Waals surface area (Å²) in [6.07, 6.45) is -0.662. The number of phenolic OH excluding ortho intramolecular Hbond substituents is 1. The fourth-order valence-corrected chi connectivity index (χ4v) is 3.19. The Kier molecular flexibility index (Phi) is 2.90. The van der Waals surface area contributed by atoms with Crippen LogP contribution in [0.15, 0.2) is 36.4 Å². The summed E-state index contributed by atoms with van der Waals surface area (Å²) in [5.74, 6) is 2.22. The summed E-state index contributed by atoms with van der Waals surface area (Å²) >= 11 is 0. The van der Waals surface area contributed by atoms with E-state index in [0.717, 1.165) is 22.6 Å². The van der Waals surface area contributed by atoms with Crippen LogP contribution >= 0.6 is 0 Å². The van der Waals surface area contributed by atoms with Crippen molar-refractivity contribution in [3.8, 4) is 23.0 Å². The number of fused-ring (bicyclic) bond motifs is 5. The fraction of sp³-hybridized carbons (Fsp3) is 0.294. The lowest BCUT2D eigenvalue weighted by Crippen LogP contribution is -2.34. The standard InChI is InChI=1S/C17H16O5/c1-19-10-4-6-11-14(8-10)21-16-12-5-3-9(18)7-13(12)22-17(20-2)15(11)16/h3-8,15-18H,1-2H3. The topological polar surface area (TPSA) is 57.2 Å². The Bertz CT molecular complexity index is 727. The molecule has 2 aromatic carbocycles. The fourth-order valence-electron chi connectivity index (χ4n) is 3.19. The first-order chi connectivity index (χ1) is 10.7. The molecule has 2 aromatic rings. The van der Waals surface area contributed by atoms with Gasteiger partial charge < -0.3 is 24.1 Å². The quantitative estimate of drug-likeness (QED) is 0.924. The molecule has 0 saturated carbocycles. The normalized spacial score (nSPS) is 24.5. The van der Waals surface area contributed by atoms with Crippen molar-refractivity contribution in [1.82, 2.24) is 0 Å². The second kappa shape index (κ2) is 4.81. The second-order valence-corrected chi connectivity index (χ2v) is 5.41. The lowest BCUT2D eigenvalue weighted by molar-refractivity contribution is -0.0994. The van der Waals surface area contributed by atoms with Crippen molar-refractivity contribution in [3.63, 3.8) is 0 Å². The Balaban J connectivity index is 1.83. The summed E-state index contributed by atoms with van der Waals surface area (Å²) in [4.78, 5) is 0. The highest BCUT2D eigenvalue weighted by Crippen LogP contribution is 2.54. The van der Waals surface area contributed by atoms with Crippen LogP contribution in [0.4, 0.5) is 0 Å². The smallest absolute Gasteiger partial charge is 0.210 e. The molecule has 1 N–H and O–H groups in total. The highest BCUT2D eigenvalue weighted by molar-refractivity contribution is 5.52. The molecule has 0 aliphatic carbocycles. The molecule has 0 aromatic heterocycles. The number of rotatable bonds is 2. The molecule has 114 valence electrons. The molecule has 5 nitrogen and oxygen atoms in total. The number of hydrogen-bond donors (Lipinski definition) is 1. The maximum Gasteiger partial charge on any atom is 0.210 e. The summed E-state index contributed by atoms with van der Waals surface area (Å²) in [6, 6.07) is 10.8. The van der Waals surface area contributed by atoms with Crippen LogP contribution in [0.5, 0.6) is 23.0 Å². The van der Waals surface area contributed by atoms with Gasteiger partial charge in [-0.15, -0.1) is 0 Å². The molecule has 0 bridgehead atoms. The summed E-state index contributed by atoms with van der Waals surface area (Å²) in [5, 5.41) is 9.65. The van der Waals surface area contributed by atoms with Gasteiger partial charge in [0, 0.05) is 30.4 Å². The van der Waals surface area contributed by atoms with E-state index in [-0.39, 0.29) is 17.8 Å². The van der Waals surface area contributed by atoms with Crippen LogP contribution in [-0.4, -0.2) is 25.6 Å². The molecule has 2 aliphatic heterocycles. The van der Waals surface area contributed by atoms with E-state index < -0.39 is 6.29 Å². The third-order valence-corrected chi connectivity index (χ3v) is 4.23. The first-order valence-corrected chi connectivity index (χ1v) is 7.08. The largest absolute Gasteiger partial charge is 0.508 e. The minimum absolute atomic E-state index is 0.0528. The minimum atomic E-state index is -0.464. The Morgan fingerprint density at radius 2 is 1.73 bits per heavy atom. The van der Waals surface area contributed by atoms with Crippen molar-refractivity contribution >= 4 is 0 Å². The van der Waals surface area contributed by atoms with Gasteiger partial charge in [-0.3, -0.25) is 0 Å². The summed E-state index contributed by atoms with van der Waals surface area (Å²) in [5.41, 5.74) is 1.95. The predicted octanol–water partition coefficient (Wildman–Crippen LogP) is 2.98. The zero-order chi connectivity index (χ0) is 15.3. The maximum atomic E-state index is 9.65. The predicted molar refractivity (Wildman–Crippen MR) is 78.6 cm³/mol. The molecular formula is C17H16O5. The zero-order valence-electron chi connectivity index (χ0n) is 12.3. The van der Waals surface area contributed by atoms with Crippen molar-refractivity contribution in [2.75, 3.05) is 14.2 Å². The zero-order valence-corrected chi connectivity index (χ0v) is 12.3. The van der Waals surface area contributed by atoms with Crippen molar-refractivity contribution in [2.45, 2.75) is 18.3 Å². The van der Waals surface area contributed by atoms with E-state index in [9.17, 15) is 5.11 Å². The Labute approximate surface area is 128 Å². The molecule has 0 fully saturated rings. The van der Waals surface area contributed by atoms with E-state index >= 15 is 0 Å². The Morgan fingerprint density at radius 1 is 0.955 bits per heavy atom. The number of methoxy groups -OCH3 is 2. The molecule has 5 heteroatoms. The van der Waals surface area contributed by atoms with Gasteiger partial charge >= 0.3 is 0 Å². The van der Waals surface area contributed by atoms with Crippen molar-refractivity contribution < 1.29 is 24.1 Å². The van der Waals surface area contributed by atoms with E-state index in [1.165, 1.54) is 0 Å². The number of phenols is 1. The van der Waals surface area contributed by atoms with Crippen molar-refractivity contribution in [3.05, 3.63) is 47.5 Å². The van der Waals surface area contributed by atoms with Crippen LogP contribution in [0.2, 0.25) is 0 Å². The van der Waals surface area contributed by atoms with Crippen LogP contribution in [0, 0.1) is 0 Å². The minimum Gasteiger partial charge on any atom is -0.508 e. The van der Waals surface area contributed by atoms with Crippen LogP contribution in [0.1, 0.15) is 23.1 Å². The highest BCUT2D eigenvalue weighted by atomic mass is 16.7. The van der Waals surface area contributed by atoms with E-state index in [4.69, 9.17) is 18.9 Å². The molecule has 4 rings (SSSR count). The monoisotopic (exact) mass is 300 g/mol. The molecule has 3 unspecified atom stereocenters. The number of aromatic hydroxyl groups is 1. The van der Waals surface area contributed by atoms with Gasteiger partial charge in [-0.1, -0.05) is 6.07 Å². The first-order valence-electron chi connectivity index (χ1n) is 7.08. The highest BCUT2D eigenvalue weighted by Gasteiger charge is 2.47. The van der Waals surface area contributed by atoms with Gasteiger partial charge in [-0.2, -0.15) is 0 Å². The van der Waals surface area contributed by atoms with E-state index in [2.05, 4.69) is 0 Å². The summed E-state index contributed by atoms with van der Waals surface area (Å²) in [7, 11) is 3.24. The van der Waals surface area contributed by atoms with Gasteiger partial charge in [0.05, 0.1) is 13.0 Å². The molecule has 2 heterocycles. The van der Waals surface area contributed by atoms with E-state index in [1.54, 1.807) is 26.4 Å². The molecule has 22 heavy (non-hydrogen) atoms. The molecule has 0 saturated heterocycles. The van der Waals surface area contributed by atoms with Gasteiger partial charge in [0.25, 0.3) is 0 Å². The second-order valence-electron chi connectivity index (χ2n) is 5.41. The van der Waals surface area contributed by atoms with Crippen LogP contribution in [0.25, 0.3) is 0 Å². The van der Waals surface area contributed by atoms with Gasteiger partial charge in [-0.05, 0) is 18.2 Å². The van der Waals surface area contributed by atoms with Crippen LogP contribution < -0.4 is 14.2 Å². The SMILES string of the molecule is COc1ccc2c(c1)OC1c3ccc(O)cc3OC(OC)C21. The third-order valence-electron chi connectivity index (χ3n) is 4.23. The third kappa shape index (κ3) is 1.82. The molecule has 3 atom stereocenters. The van der Waals surface area contributed by atoms with Gasteiger partial charge in [0.2, 0.25) is 6.29 Å². The molecule has 0 amide bonds. The van der Waals surface area contributed by atoms with Gasteiger partial charge in [0.1, 0.15) is 29.1 Å². The summed E-state index contributed by atoms with van der Waals surface area (Å²) in [6.45, 7) is 0. The Hall–Kier alpha value is -2.40. The first kappa shape index (κ1) is 13.3. The van der Waals surface area contributed by atoms with Crippen molar-refractivity contribution in [2.24, 2.45) is 0 Å². The lowest BCUT2D eigenvalue weighted by Gasteiger charge is -2.33. The van der Waals surface area contributed by atoms with Crippen molar-refractivity contribution in [1.29, 1.82) is 0 Å². The van der Waals surface area contributed by atoms with Crippen LogP contribution in [0.3, 0.4) is 0 Å². The molecule has 0 spiro atoms. The molecule has 2 aliphatic rings.